The zero-order chi connectivity index (χ0) is 19.9. The normalized spacial score (nSPS) is 16.1. The minimum atomic E-state index is -0.527. The number of morpholine rings is 1. The van der Waals surface area contributed by atoms with Crippen molar-refractivity contribution in [2.75, 3.05) is 36.9 Å². The summed E-state index contributed by atoms with van der Waals surface area (Å²) in [5, 5.41) is 17.8. The number of urea groups is 1. The quantitative estimate of drug-likeness (QED) is 0.701. The molecule has 1 saturated heterocycles. The number of aryl methyl sites for hydroxylation is 1. The van der Waals surface area contributed by atoms with Crippen molar-refractivity contribution in [2.24, 2.45) is 0 Å². The molecule has 0 spiro atoms. The zero-order valence-electron chi connectivity index (χ0n) is 15.2. The Kier molecular flexibility index (Phi) is 6.60. The first kappa shape index (κ1) is 19.8. The number of benzene rings is 1. The van der Waals surface area contributed by atoms with Crippen molar-refractivity contribution in [1.29, 1.82) is 5.26 Å². The van der Waals surface area contributed by atoms with Gasteiger partial charge >= 0.3 is 6.03 Å². The number of hydrogen-bond donors (Lipinski definition) is 3. The highest BCUT2D eigenvalue weighted by atomic mass is 35.5. The average Bonchev–Trinajstić information content (AvgIpc) is 2.71. The highest BCUT2D eigenvalue weighted by Crippen LogP contribution is 2.31. The lowest BCUT2D eigenvalue weighted by Gasteiger charge is -2.24. The van der Waals surface area contributed by atoms with Crippen LogP contribution in [0.2, 0.25) is 5.02 Å². The number of nitrogens with one attached hydrogen (secondary N) is 3. The van der Waals surface area contributed by atoms with E-state index in [9.17, 15) is 4.79 Å². The number of anilines is 2. The Labute approximate surface area is 167 Å². The van der Waals surface area contributed by atoms with E-state index in [1.165, 1.54) is 12.4 Å². The van der Waals surface area contributed by atoms with E-state index in [2.05, 4.69) is 25.9 Å². The van der Waals surface area contributed by atoms with Gasteiger partial charge in [-0.25, -0.2) is 14.8 Å². The van der Waals surface area contributed by atoms with Gasteiger partial charge in [0.2, 0.25) is 0 Å². The average molecular weight is 403 g/mol. The molecule has 10 heteroatoms. The predicted molar refractivity (Wildman–Crippen MR) is 104 cm³/mol. The zero-order valence-corrected chi connectivity index (χ0v) is 15.9. The predicted octanol–water partition coefficient (Wildman–Crippen LogP) is 2.32. The number of hydrogen-bond acceptors (Lipinski definition) is 7. The third-order valence-corrected chi connectivity index (χ3v) is 4.35. The maximum atomic E-state index is 12.3. The fraction of sp³-hybridized carbons (Fsp3) is 0.333. The third kappa shape index (κ3) is 5.29. The molecule has 28 heavy (non-hydrogen) atoms. The number of aromatic nitrogens is 2. The van der Waals surface area contributed by atoms with Gasteiger partial charge in [-0.3, -0.25) is 5.32 Å². The maximum Gasteiger partial charge on any atom is 0.324 e. The molecular weight excluding hydrogens is 384 g/mol. The summed E-state index contributed by atoms with van der Waals surface area (Å²) < 4.78 is 11.5. The van der Waals surface area contributed by atoms with Crippen molar-refractivity contribution < 1.29 is 14.3 Å². The molecular formula is C18H19ClN6O3. The molecule has 1 fully saturated rings. The first-order valence-corrected chi connectivity index (χ1v) is 8.98. The van der Waals surface area contributed by atoms with Crippen LogP contribution in [0.25, 0.3) is 0 Å². The molecule has 0 bridgehead atoms. The Morgan fingerprint density at radius 1 is 1.43 bits per heavy atom. The molecule has 0 unspecified atom stereocenters. The number of nitrogens with zero attached hydrogens (tertiary/aromatic N) is 3. The summed E-state index contributed by atoms with van der Waals surface area (Å²) in [6.07, 6.45) is 2.50. The number of amides is 2. The van der Waals surface area contributed by atoms with E-state index in [1.807, 2.05) is 13.0 Å². The Morgan fingerprint density at radius 2 is 2.29 bits per heavy atom. The standard InChI is InChI=1S/C18H19ClN6O3/c1-11-4-15(24-18(26)25-17-9-22-12(6-20)7-23-17)16(5-14(11)19)28-10-13-8-21-2-3-27-13/h4-5,7,9,13,21H,2-3,8,10H2,1H3,(H2,23,24,25,26)/t13-/m0/s1. The fourth-order valence-electron chi connectivity index (χ4n) is 2.51. The van der Waals surface area contributed by atoms with Crippen LogP contribution < -0.4 is 20.7 Å². The second kappa shape index (κ2) is 9.32. The van der Waals surface area contributed by atoms with Gasteiger partial charge in [0.05, 0.1) is 24.7 Å². The van der Waals surface area contributed by atoms with E-state index in [1.54, 1.807) is 12.1 Å². The maximum absolute atomic E-state index is 12.3. The van der Waals surface area contributed by atoms with Gasteiger partial charge in [-0.1, -0.05) is 11.6 Å². The smallest absolute Gasteiger partial charge is 0.324 e. The van der Waals surface area contributed by atoms with E-state index >= 15 is 0 Å². The second-order valence-corrected chi connectivity index (χ2v) is 6.49. The molecule has 3 rings (SSSR count). The highest BCUT2D eigenvalue weighted by Gasteiger charge is 2.17. The third-order valence-electron chi connectivity index (χ3n) is 3.95. The first-order chi connectivity index (χ1) is 13.5. The number of rotatable bonds is 5. The summed E-state index contributed by atoms with van der Waals surface area (Å²) in [5.41, 5.74) is 1.41. The van der Waals surface area contributed by atoms with Crippen LogP contribution >= 0.6 is 11.6 Å². The number of halogens is 1. The molecule has 0 radical (unpaired) electrons. The van der Waals surface area contributed by atoms with E-state index in [0.717, 1.165) is 12.1 Å². The van der Waals surface area contributed by atoms with Crippen LogP contribution in [0.3, 0.4) is 0 Å². The monoisotopic (exact) mass is 402 g/mol. The molecule has 1 aromatic heterocycles. The summed E-state index contributed by atoms with van der Waals surface area (Å²) in [7, 11) is 0. The van der Waals surface area contributed by atoms with E-state index in [0.29, 0.717) is 36.2 Å². The van der Waals surface area contributed by atoms with Gasteiger partial charge in [0.15, 0.2) is 11.5 Å². The van der Waals surface area contributed by atoms with Gasteiger partial charge in [-0.15, -0.1) is 0 Å². The van der Waals surface area contributed by atoms with Crippen molar-refractivity contribution in [3.63, 3.8) is 0 Å². The molecule has 0 saturated carbocycles. The molecule has 2 amide bonds. The van der Waals surface area contributed by atoms with Gasteiger partial charge in [0.1, 0.15) is 24.5 Å². The highest BCUT2D eigenvalue weighted by molar-refractivity contribution is 6.31. The Morgan fingerprint density at radius 3 is 2.96 bits per heavy atom. The van der Waals surface area contributed by atoms with Gasteiger partial charge in [0.25, 0.3) is 0 Å². The van der Waals surface area contributed by atoms with Crippen LogP contribution in [0, 0.1) is 18.3 Å². The van der Waals surface area contributed by atoms with Gasteiger partial charge in [0, 0.05) is 24.2 Å². The summed E-state index contributed by atoms with van der Waals surface area (Å²) in [5.74, 6) is 0.650. The Bertz CT molecular complexity index is 878. The van der Waals surface area contributed by atoms with Crippen LogP contribution in [0.1, 0.15) is 11.3 Å². The lowest BCUT2D eigenvalue weighted by molar-refractivity contribution is 0.000351. The lowest BCUT2D eigenvalue weighted by Crippen LogP contribution is -2.41. The van der Waals surface area contributed by atoms with Crippen LogP contribution in [0.5, 0.6) is 5.75 Å². The summed E-state index contributed by atoms with van der Waals surface area (Å²) in [6, 6.07) is 4.72. The SMILES string of the molecule is Cc1cc(NC(=O)Nc2cnc(C#N)cn2)c(OC[C@@H]2CNCCO2)cc1Cl. The van der Waals surface area contributed by atoms with Crippen molar-refractivity contribution in [3.8, 4) is 11.8 Å². The minimum absolute atomic E-state index is 0.0792. The Balaban J connectivity index is 1.67. The molecule has 2 aromatic rings. The van der Waals surface area contributed by atoms with Crippen LogP contribution in [-0.2, 0) is 4.74 Å². The number of carbonyl (C=O) groups excluding carboxylic acids is 1. The first-order valence-electron chi connectivity index (χ1n) is 8.60. The van der Waals surface area contributed by atoms with Crippen molar-refractivity contribution >= 4 is 29.1 Å². The molecule has 1 aromatic carbocycles. The van der Waals surface area contributed by atoms with Crippen LogP contribution in [0.4, 0.5) is 16.3 Å². The van der Waals surface area contributed by atoms with E-state index < -0.39 is 6.03 Å². The molecule has 1 aliphatic rings. The van der Waals surface area contributed by atoms with Crippen LogP contribution in [-0.4, -0.2) is 48.4 Å². The molecule has 9 nitrogen and oxygen atoms in total. The molecule has 1 atom stereocenters. The number of carbonyl (C=O) groups is 1. The van der Waals surface area contributed by atoms with Crippen molar-refractivity contribution in [1.82, 2.24) is 15.3 Å². The van der Waals surface area contributed by atoms with E-state index in [-0.39, 0.29) is 17.6 Å². The van der Waals surface area contributed by atoms with Crippen molar-refractivity contribution in [3.05, 3.63) is 40.8 Å². The van der Waals surface area contributed by atoms with Crippen molar-refractivity contribution in [2.45, 2.75) is 13.0 Å². The molecule has 3 N–H and O–H groups in total. The largest absolute Gasteiger partial charge is 0.489 e. The molecule has 146 valence electrons. The summed E-state index contributed by atoms with van der Waals surface area (Å²) in [4.78, 5) is 20.1. The van der Waals surface area contributed by atoms with E-state index in [4.69, 9.17) is 26.3 Å². The van der Waals surface area contributed by atoms with Crippen LogP contribution in [0.15, 0.2) is 24.5 Å². The topological polar surface area (TPSA) is 121 Å². The number of nitriles is 1. The Hall–Kier alpha value is -2.93. The van der Waals surface area contributed by atoms with Gasteiger partial charge in [-0.2, -0.15) is 5.26 Å². The van der Waals surface area contributed by atoms with Gasteiger partial charge in [-0.05, 0) is 18.6 Å². The summed E-state index contributed by atoms with van der Waals surface area (Å²) >= 11 is 6.21. The van der Waals surface area contributed by atoms with Gasteiger partial charge < -0.3 is 20.1 Å². The number of ether oxygens (including phenoxy) is 2. The molecule has 1 aliphatic heterocycles. The minimum Gasteiger partial charge on any atom is -0.489 e. The fourth-order valence-corrected chi connectivity index (χ4v) is 2.66. The second-order valence-electron chi connectivity index (χ2n) is 6.08. The lowest BCUT2D eigenvalue weighted by atomic mass is 10.2. The molecule has 2 heterocycles. The summed E-state index contributed by atoms with van der Waals surface area (Å²) in [6.45, 7) is 4.29. The molecule has 0 aliphatic carbocycles.